The van der Waals surface area contributed by atoms with Gasteiger partial charge in [-0.15, -0.1) is 0 Å². The Morgan fingerprint density at radius 2 is 1.77 bits per heavy atom. The van der Waals surface area contributed by atoms with Gasteiger partial charge in [-0.25, -0.2) is 9.59 Å². The molecule has 0 fully saturated rings. The van der Waals surface area contributed by atoms with E-state index in [1.54, 1.807) is 18.2 Å². The van der Waals surface area contributed by atoms with Crippen LogP contribution in [0.1, 0.15) is 21.5 Å². The highest BCUT2D eigenvalue weighted by molar-refractivity contribution is 5.96. The molecule has 0 spiro atoms. The number of fused-ring (bicyclic) bond motifs is 1. The molecule has 0 aliphatic heterocycles. The van der Waals surface area contributed by atoms with Gasteiger partial charge in [-0.2, -0.15) is 0 Å². The van der Waals surface area contributed by atoms with Gasteiger partial charge in [0.15, 0.2) is 6.61 Å². The molecule has 0 aliphatic rings. The zero-order chi connectivity index (χ0) is 22.4. The highest BCUT2D eigenvalue weighted by Crippen LogP contribution is 2.21. The number of nitrogens with one attached hydrogen (secondary N) is 1. The van der Waals surface area contributed by atoms with E-state index in [1.807, 2.05) is 26.0 Å². The molecule has 0 bridgehead atoms. The summed E-state index contributed by atoms with van der Waals surface area (Å²) in [4.78, 5) is 36.4. The van der Waals surface area contributed by atoms with Crippen LogP contribution in [0.3, 0.4) is 0 Å². The molecule has 8 nitrogen and oxygen atoms in total. The van der Waals surface area contributed by atoms with Gasteiger partial charge in [-0.05, 0) is 55.3 Å². The Labute approximate surface area is 178 Å². The van der Waals surface area contributed by atoms with Crippen LogP contribution in [0.15, 0.2) is 51.7 Å². The number of methoxy groups -OCH3 is 1. The van der Waals surface area contributed by atoms with Gasteiger partial charge in [0, 0.05) is 25.1 Å². The van der Waals surface area contributed by atoms with Crippen LogP contribution in [-0.2, 0) is 9.53 Å². The largest absolute Gasteiger partial charge is 0.482 e. The van der Waals surface area contributed by atoms with Crippen LogP contribution in [0.5, 0.6) is 11.5 Å². The molecule has 0 unspecified atom stereocenters. The quantitative estimate of drug-likeness (QED) is 0.256. The van der Waals surface area contributed by atoms with E-state index in [0.717, 1.165) is 11.1 Å². The highest BCUT2D eigenvalue weighted by atomic mass is 16.6. The Morgan fingerprint density at radius 1 is 1.00 bits per heavy atom. The van der Waals surface area contributed by atoms with Crippen LogP contribution in [0.2, 0.25) is 0 Å². The van der Waals surface area contributed by atoms with E-state index >= 15 is 0 Å². The number of aryl methyl sites for hydroxylation is 2. The third kappa shape index (κ3) is 5.70. The van der Waals surface area contributed by atoms with Crippen LogP contribution >= 0.6 is 0 Å². The zero-order valence-electron chi connectivity index (χ0n) is 17.5. The van der Waals surface area contributed by atoms with Crippen LogP contribution in [0.4, 0.5) is 0 Å². The lowest BCUT2D eigenvalue weighted by molar-refractivity contribution is -0.136. The Hall–Kier alpha value is -3.65. The second-order valence-corrected chi connectivity index (χ2v) is 6.90. The summed E-state index contributed by atoms with van der Waals surface area (Å²) in [6.07, 6.45) is 0. The topological polar surface area (TPSA) is 104 Å². The van der Waals surface area contributed by atoms with Gasteiger partial charge in [-0.3, -0.25) is 4.79 Å². The summed E-state index contributed by atoms with van der Waals surface area (Å²) in [5.74, 6) is -0.386. The van der Waals surface area contributed by atoms with Crippen molar-refractivity contribution < 1.29 is 28.2 Å². The van der Waals surface area contributed by atoms with Crippen molar-refractivity contribution in [2.45, 2.75) is 13.8 Å². The van der Waals surface area contributed by atoms with Crippen LogP contribution < -0.4 is 20.4 Å². The SMILES string of the molecule is COCCNC(=O)c1cc2ccc(OC(=O)COc3ccc(C)c(C)c3)cc2oc1=O. The molecule has 0 atom stereocenters. The number of hydrogen-bond acceptors (Lipinski definition) is 7. The van der Waals surface area contributed by atoms with Gasteiger partial charge in [0.25, 0.3) is 5.91 Å². The van der Waals surface area contributed by atoms with E-state index < -0.39 is 17.5 Å². The third-order valence-corrected chi connectivity index (χ3v) is 4.61. The van der Waals surface area contributed by atoms with Crippen LogP contribution in [0, 0.1) is 13.8 Å². The fourth-order valence-corrected chi connectivity index (χ4v) is 2.78. The van der Waals surface area contributed by atoms with Gasteiger partial charge in [0.1, 0.15) is 22.6 Å². The molecular weight excluding hydrogens is 402 g/mol. The Kier molecular flexibility index (Phi) is 7.04. The maximum absolute atomic E-state index is 12.2. The lowest BCUT2D eigenvalue weighted by atomic mass is 10.1. The molecule has 3 aromatic rings. The average Bonchev–Trinajstić information content (AvgIpc) is 2.74. The molecule has 1 amide bonds. The van der Waals surface area contributed by atoms with Gasteiger partial charge >= 0.3 is 11.6 Å². The smallest absolute Gasteiger partial charge is 0.349 e. The van der Waals surface area contributed by atoms with E-state index in [-0.39, 0.29) is 30.0 Å². The second-order valence-electron chi connectivity index (χ2n) is 6.90. The molecule has 0 aliphatic carbocycles. The van der Waals surface area contributed by atoms with E-state index in [0.29, 0.717) is 17.7 Å². The summed E-state index contributed by atoms with van der Waals surface area (Å²) in [5, 5.41) is 3.09. The predicted octanol–water partition coefficient (Wildman–Crippen LogP) is 2.77. The van der Waals surface area contributed by atoms with E-state index in [1.165, 1.54) is 19.2 Å². The molecular formula is C23H23NO7. The number of carbonyl (C=O) groups is 2. The standard InChI is InChI=1S/C23H23NO7/c1-14-4-6-17(10-15(14)2)29-13-21(25)30-18-7-5-16-11-19(22(26)24-8-9-28-3)23(27)31-20(16)12-18/h4-7,10-12H,8-9,13H2,1-3H3,(H,24,26). The molecule has 1 N–H and O–H groups in total. The number of ether oxygens (including phenoxy) is 3. The first-order chi connectivity index (χ1) is 14.9. The lowest BCUT2D eigenvalue weighted by Crippen LogP contribution is -2.30. The van der Waals surface area contributed by atoms with Crippen molar-refractivity contribution in [1.82, 2.24) is 5.32 Å². The monoisotopic (exact) mass is 425 g/mol. The molecule has 0 radical (unpaired) electrons. The Bertz CT molecular complexity index is 1170. The number of esters is 1. The molecule has 1 aromatic heterocycles. The Balaban J connectivity index is 1.67. The molecule has 3 rings (SSSR count). The average molecular weight is 425 g/mol. The molecule has 2 aromatic carbocycles. The number of amides is 1. The molecule has 1 heterocycles. The minimum atomic E-state index is -0.788. The summed E-state index contributed by atoms with van der Waals surface area (Å²) in [6, 6.07) is 11.5. The second kappa shape index (κ2) is 9.90. The number of rotatable bonds is 8. The predicted molar refractivity (Wildman–Crippen MR) is 114 cm³/mol. The lowest BCUT2D eigenvalue weighted by Gasteiger charge is -2.09. The fourth-order valence-electron chi connectivity index (χ4n) is 2.78. The van der Waals surface area contributed by atoms with Crippen LogP contribution in [-0.4, -0.2) is 38.7 Å². The first-order valence-corrected chi connectivity index (χ1v) is 9.63. The third-order valence-electron chi connectivity index (χ3n) is 4.61. The maximum atomic E-state index is 12.2. The summed E-state index contributed by atoms with van der Waals surface area (Å²) < 4.78 is 20.8. The minimum absolute atomic E-state index is 0.116. The van der Waals surface area contributed by atoms with Crippen LogP contribution in [0.25, 0.3) is 11.0 Å². The van der Waals surface area contributed by atoms with Gasteiger partial charge in [0.05, 0.1) is 6.61 Å². The Morgan fingerprint density at radius 3 is 2.52 bits per heavy atom. The highest BCUT2D eigenvalue weighted by Gasteiger charge is 2.14. The number of hydrogen-bond donors (Lipinski definition) is 1. The van der Waals surface area contributed by atoms with Crippen molar-refractivity contribution in [3.05, 3.63) is 69.6 Å². The molecule has 31 heavy (non-hydrogen) atoms. The molecule has 0 saturated heterocycles. The van der Waals surface area contributed by atoms with E-state index in [9.17, 15) is 14.4 Å². The molecule has 162 valence electrons. The van der Waals surface area contributed by atoms with Gasteiger partial charge < -0.3 is 23.9 Å². The van der Waals surface area contributed by atoms with Crippen molar-refractivity contribution >= 4 is 22.8 Å². The van der Waals surface area contributed by atoms with E-state index in [2.05, 4.69) is 5.32 Å². The van der Waals surface area contributed by atoms with Crippen molar-refractivity contribution in [1.29, 1.82) is 0 Å². The van der Waals surface area contributed by atoms with Gasteiger partial charge in [-0.1, -0.05) is 6.07 Å². The van der Waals surface area contributed by atoms with Crippen molar-refractivity contribution in [3.63, 3.8) is 0 Å². The summed E-state index contributed by atoms with van der Waals surface area (Å²) in [7, 11) is 1.51. The normalized spacial score (nSPS) is 10.7. The fraction of sp³-hybridized carbons (Fsp3) is 0.261. The number of benzene rings is 2. The van der Waals surface area contributed by atoms with Crippen molar-refractivity contribution in [2.75, 3.05) is 26.9 Å². The minimum Gasteiger partial charge on any atom is -0.482 e. The summed E-state index contributed by atoms with van der Waals surface area (Å²) in [6.45, 7) is 4.27. The summed E-state index contributed by atoms with van der Waals surface area (Å²) in [5.41, 5.74) is 1.48. The van der Waals surface area contributed by atoms with Crippen molar-refractivity contribution in [2.24, 2.45) is 0 Å². The zero-order valence-corrected chi connectivity index (χ0v) is 17.5. The van der Waals surface area contributed by atoms with Crippen molar-refractivity contribution in [3.8, 4) is 11.5 Å². The van der Waals surface area contributed by atoms with E-state index in [4.69, 9.17) is 18.6 Å². The molecule has 0 saturated carbocycles. The summed E-state index contributed by atoms with van der Waals surface area (Å²) >= 11 is 0. The van der Waals surface area contributed by atoms with Gasteiger partial charge in [0.2, 0.25) is 0 Å². The first-order valence-electron chi connectivity index (χ1n) is 9.63. The maximum Gasteiger partial charge on any atom is 0.349 e. The number of carbonyl (C=O) groups excluding carboxylic acids is 2. The first kappa shape index (κ1) is 22.0. The molecule has 8 heteroatoms.